The maximum absolute atomic E-state index is 14.0. The van der Waals surface area contributed by atoms with Crippen LogP contribution in [0.15, 0.2) is 18.2 Å². The normalized spacial score (nSPS) is 33.2. The fraction of sp³-hybridized carbons (Fsp3) is 0.667. The molecule has 2 N–H and O–H groups in total. The van der Waals surface area contributed by atoms with Gasteiger partial charge in [0.15, 0.2) is 0 Å². The highest BCUT2D eigenvalue weighted by molar-refractivity contribution is 6.04. The van der Waals surface area contributed by atoms with E-state index in [1.54, 1.807) is 11.8 Å². The lowest BCUT2D eigenvalue weighted by molar-refractivity contribution is -0.160. The SMILES string of the molecule is CCOC(=O)[C@@H]1[C@H]2C(=O)N(CCCCCO)C(C(=O)Nc3c(C)cccc3C)C23CC(C)[C@@]1(C)O3. The average molecular weight is 487 g/mol. The first-order valence-corrected chi connectivity index (χ1v) is 12.8. The Morgan fingerprint density at radius 3 is 2.54 bits per heavy atom. The molecule has 0 aliphatic carbocycles. The van der Waals surface area contributed by atoms with Crippen molar-refractivity contribution in [2.75, 3.05) is 25.1 Å². The second-order valence-corrected chi connectivity index (χ2v) is 10.5. The van der Waals surface area contributed by atoms with Crippen LogP contribution in [0.1, 0.15) is 57.6 Å². The highest BCUT2D eigenvalue weighted by Crippen LogP contribution is 2.65. The van der Waals surface area contributed by atoms with Crippen LogP contribution >= 0.6 is 0 Å². The maximum atomic E-state index is 14.0. The number of aryl methyl sites for hydroxylation is 2. The van der Waals surface area contributed by atoms with Crippen LogP contribution in [-0.4, -0.2) is 64.8 Å². The van der Waals surface area contributed by atoms with Crippen LogP contribution in [0.5, 0.6) is 0 Å². The van der Waals surface area contributed by atoms with Gasteiger partial charge in [-0.1, -0.05) is 25.1 Å². The number of carbonyl (C=O) groups is 3. The zero-order chi connectivity index (χ0) is 25.5. The molecule has 3 heterocycles. The summed E-state index contributed by atoms with van der Waals surface area (Å²) in [4.78, 5) is 42.6. The van der Waals surface area contributed by atoms with Crippen LogP contribution in [0.3, 0.4) is 0 Å². The minimum atomic E-state index is -1.08. The fourth-order valence-corrected chi connectivity index (χ4v) is 6.64. The number of aliphatic hydroxyl groups is 1. The fourth-order valence-electron chi connectivity index (χ4n) is 6.64. The van der Waals surface area contributed by atoms with E-state index in [9.17, 15) is 19.5 Å². The summed E-state index contributed by atoms with van der Waals surface area (Å²) in [5.41, 5.74) is 0.659. The first-order chi connectivity index (χ1) is 16.6. The van der Waals surface area contributed by atoms with E-state index in [2.05, 4.69) is 5.32 Å². The monoisotopic (exact) mass is 486 g/mol. The summed E-state index contributed by atoms with van der Waals surface area (Å²) < 4.78 is 12.1. The molecule has 3 unspecified atom stereocenters. The number of anilines is 1. The van der Waals surface area contributed by atoms with Gasteiger partial charge in [0.05, 0.1) is 18.1 Å². The molecule has 2 bridgehead atoms. The quantitative estimate of drug-likeness (QED) is 0.411. The van der Waals surface area contributed by atoms with Gasteiger partial charge in [0.2, 0.25) is 11.8 Å². The van der Waals surface area contributed by atoms with E-state index >= 15 is 0 Å². The van der Waals surface area contributed by atoms with E-state index < -0.39 is 35.0 Å². The van der Waals surface area contributed by atoms with Crippen molar-refractivity contribution < 1.29 is 29.0 Å². The van der Waals surface area contributed by atoms with E-state index in [1.807, 2.05) is 45.9 Å². The maximum Gasteiger partial charge on any atom is 0.312 e. The summed E-state index contributed by atoms with van der Waals surface area (Å²) in [7, 11) is 0. The number of hydrogen-bond donors (Lipinski definition) is 2. The average Bonchev–Trinajstić information content (AvgIpc) is 3.31. The second kappa shape index (κ2) is 9.54. The standard InChI is InChI=1S/C27H38N2O6/c1-6-34-25(33)20-19-24(32)29(13-8-7-9-14-30)22(27(19)15-18(4)26(20,5)35-27)23(31)28-21-16(2)11-10-12-17(21)3/h10-12,18-20,22,30H,6-9,13-15H2,1-5H3,(H,28,31)/t18?,19-,20-,22?,26+,27?/m0/s1. The van der Waals surface area contributed by atoms with Gasteiger partial charge in [0.25, 0.3) is 0 Å². The molecule has 3 saturated heterocycles. The van der Waals surface area contributed by atoms with Crippen molar-refractivity contribution in [1.82, 2.24) is 4.90 Å². The molecule has 1 aromatic carbocycles. The minimum absolute atomic E-state index is 0.0224. The lowest BCUT2D eigenvalue weighted by Gasteiger charge is -2.35. The summed E-state index contributed by atoms with van der Waals surface area (Å²) in [6.45, 7) is 10.2. The van der Waals surface area contributed by atoms with Crippen LogP contribution in [0, 0.1) is 31.6 Å². The molecule has 2 amide bonds. The van der Waals surface area contributed by atoms with Gasteiger partial charge in [-0.2, -0.15) is 0 Å². The summed E-state index contributed by atoms with van der Waals surface area (Å²) >= 11 is 0. The highest BCUT2D eigenvalue weighted by Gasteiger charge is 2.80. The molecule has 3 fully saturated rings. The van der Waals surface area contributed by atoms with Gasteiger partial charge in [0.1, 0.15) is 17.6 Å². The third-order valence-corrected chi connectivity index (χ3v) is 8.39. The molecule has 0 radical (unpaired) electrons. The van der Waals surface area contributed by atoms with Crippen molar-refractivity contribution in [2.24, 2.45) is 17.8 Å². The number of para-hydroxylation sites is 1. The molecule has 1 spiro atoms. The molecule has 1 aromatic rings. The molecule has 6 atom stereocenters. The number of esters is 1. The Morgan fingerprint density at radius 2 is 1.91 bits per heavy atom. The number of rotatable bonds is 9. The summed E-state index contributed by atoms with van der Waals surface area (Å²) in [6, 6.07) is 4.97. The van der Waals surface area contributed by atoms with Crippen molar-refractivity contribution in [3.05, 3.63) is 29.3 Å². The van der Waals surface area contributed by atoms with Gasteiger partial charge >= 0.3 is 5.97 Å². The van der Waals surface area contributed by atoms with Crippen molar-refractivity contribution >= 4 is 23.5 Å². The number of ether oxygens (including phenoxy) is 2. The number of aliphatic hydroxyl groups excluding tert-OH is 1. The van der Waals surface area contributed by atoms with Gasteiger partial charge in [-0.25, -0.2) is 0 Å². The Bertz CT molecular complexity index is 991. The van der Waals surface area contributed by atoms with Crippen LogP contribution in [0.4, 0.5) is 5.69 Å². The third-order valence-electron chi connectivity index (χ3n) is 8.39. The van der Waals surface area contributed by atoms with Crippen LogP contribution in [-0.2, 0) is 23.9 Å². The number of likely N-dealkylation sites (tertiary alicyclic amines) is 1. The lowest BCUT2D eigenvalue weighted by atomic mass is 9.62. The topological polar surface area (TPSA) is 105 Å². The minimum Gasteiger partial charge on any atom is -0.466 e. The van der Waals surface area contributed by atoms with Gasteiger partial charge in [-0.15, -0.1) is 0 Å². The van der Waals surface area contributed by atoms with E-state index in [1.165, 1.54) is 0 Å². The molecule has 4 rings (SSSR count). The molecule has 3 aliphatic heterocycles. The number of carbonyl (C=O) groups excluding carboxylic acids is 3. The number of nitrogens with zero attached hydrogens (tertiary/aromatic N) is 1. The van der Waals surface area contributed by atoms with Crippen molar-refractivity contribution in [1.29, 1.82) is 0 Å². The Kier molecular flexibility index (Phi) is 6.99. The number of amides is 2. The molecular weight excluding hydrogens is 448 g/mol. The van der Waals surface area contributed by atoms with Crippen LogP contribution in [0.2, 0.25) is 0 Å². The number of fused-ring (bicyclic) bond motifs is 1. The molecule has 0 aromatic heterocycles. The summed E-state index contributed by atoms with van der Waals surface area (Å²) in [5, 5.41) is 12.3. The predicted molar refractivity (Wildman–Crippen MR) is 131 cm³/mol. The number of benzene rings is 1. The summed E-state index contributed by atoms with van der Waals surface area (Å²) in [5.74, 6) is -2.47. The Balaban J connectivity index is 1.74. The summed E-state index contributed by atoms with van der Waals surface area (Å²) in [6.07, 6.45) is 2.54. The third kappa shape index (κ3) is 3.95. The van der Waals surface area contributed by atoms with E-state index in [0.717, 1.165) is 23.2 Å². The zero-order valence-corrected chi connectivity index (χ0v) is 21.4. The molecule has 35 heavy (non-hydrogen) atoms. The van der Waals surface area contributed by atoms with Crippen LogP contribution < -0.4 is 5.32 Å². The van der Waals surface area contributed by atoms with Crippen molar-refractivity contribution in [2.45, 2.75) is 77.5 Å². The zero-order valence-electron chi connectivity index (χ0n) is 21.4. The molecule has 8 nitrogen and oxygen atoms in total. The van der Waals surface area contributed by atoms with Gasteiger partial charge in [-0.3, -0.25) is 14.4 Å². The molecule has 3 aliphatic rings. The smallest absolute Gasteiger partial charge is 0.312 e. The Labute approximate surface area is 207 Å². The Morgan fingerprint density at radius 1 is 1.23 bits per heavy atom. The van der Waals surface area contributed by atoms with Crippen LogP contribution in [0.25, 0.3) is 0 Å². The number of unbranched alkanes of at least 4 members (excludes halogenated alkanes) is 2. The molecule has 0 saturated carbocycles. The predicted octanol–water partition coefficient (Wildman–Crippen LogP) is 2.98. The first kappa shape index (κ1) is 25.6. The van der Waals surface area contributed by atoms with Gasteiger partial charge in [0, 0.05) is 18.8 Å². The highest BCUT2D eigenvalue weighted by atomic mass is 16.6. The number of nitrogens with one attached hydrogen (secondary N) is 1. The van der Waals surface area contributed by atoms with E-state index in [0.29, 0.717) is 25.8 Å². The van der Waals surface area contributed by atoms with Gasteiger partial charge < -0.3 is 24.8 Å². The number of hydrogen-bond acceptors (Lipinski definition) is 6. The molecule has 8 heteroatoms. The first-order valence-electron chi connectivity index (χ1n) is 12.8. The van der Waals surface area contributed by atoms with Crippen molar-refractivity contribution in [3.8, 4) is 0 Å². The lowest BCUT2D eigenvalue weighted by Crippen LogP contribution is -2.54. The van der Waals surface area contributed by atoms with Crippen molar-refractivity contribution in [3.63, 3.8) is 0 Å². The second-order valence-electron chi connectivity index (χ2n) is 10.5. The molecule has 192 valence electrons. The Hall–Kier alpha value is -2.45. The van der Waals surface area contributed by atoms with E-state index in [-0.39, 0.29) is 30.9 Å². The van der Waals surface area contributed by atoms with Gasteiger partial charge in [-0.05, 0) is 70.4 Å². The van der Waals surface area contributed by atoms with E-state index in [4.69, 9.17) is 9.47 Å². The molecular formula is C27H38N2O6. The largest absolute Gasteiger partial charge is 0.466 e.